The molecule has 1 amide bonds. The zero-order valence-corrected chi connectivity index (χ0v) is 17.0. The van der Waals surface area contributed by atoms with Crippen LogP contribution in [0.1, 0.15) is 70.8 Å². The van der Waals surface area contributed by atoms with E-state index in [4.69, 9.17) is 5.73 Å². The Morgan fingerprint density at radius 1 is 1.00 bits per heavy atom. The van der Waals surface area contributed by atoms with E-state index >= 15 is 0 Å². The van der Waals surface area contributed by atoms with Crippen molar-refractivity contribution in [2.75, 3.05) is 13.1 Å². The number of carbonyl (C=O) groups is 1. The number of rotatable bonds is 2. The van der Waals surface area contributed by atoms with Gasteiger partial charge in [0.2, 0.25) is 5.91 Å². The van der Waals surface area contributed by atoms with Crippen LogP contribution in [0.25, 0.3) is 0 Å². The van der Waals surface area contributed by atoms with Gasteiger partial charge in [0.05, 0.1) is 5.41 Å². The zero-order chi connectivity index (χ0) is 18.9. The van der Waals surface area contributed by atoms with E-state index in [1.807, 2.05) is 0 Å². The Labute approximate surface area is 163 Å². The number of hydrogen-bond donors (Lipinski definition) is 1. The first-order valence-corrected chi connectivity index (χ1v) is 10.9. The molecule has 1 aromatic carbocycles. The average Bonchev–Trinajstić information content (AvgIpc) is 2.60. The monoisotopic (exact) mass is 366 g/mol. The number of benzene rings is 1. The van der Waals surface area contributed by atoms with E-state index in [9.17, 15) is 4.79 Å². The van der Waals surface area contributed by atoms with E-state index < -0.39 is 0 Å². The van der Waals surface area contributed by atoms with E-state index in [2.05, 4.69) is 49.1 Å². The summed E-state index contributed by atoms with van der Waals surface area (Å²) in [5, 5.41) is 0. The first kappa shape index (κ1) is 17.7. The molecule has 6 rings (SSSR count). The lowest BCUT2D eigenvalue weighted by Gasteiger charge is -2.66. The maximum absolute atomic E-state index is 13.9. The summed E-state index contributed by atoms with van der Waals surface area (Å²) in [6.45, 7) is 6.27. The highest BCUT2D eigenvalue weighted by molar-refractivity contribution is 5.84. The molecule has 3 heteroatoms. The van der Waals surface area contributed by atoms with Gasteiger partial charge in [0.25, 0.3) is 0 Å². The van der Waals surface area contributed by atoms with E-state index in [-0.39, 0.29) is 16.4 Å². The number of amides is 1. The van der Waals surface area contributed by atoms with Crippen molar-refractivity contribution in [2.24, 2.45) is 22.5 Å². The van der Waals surface area contributed by atoms with Gasteiger partial charge < -0.3 is 10.6 Å². The van der Waals surface area contributed by atoms with Crippen molar-refractivity contribution in [2.45, 2.75) is 76.2 Å². The lowest BCUT2D eigenvalue weighted by Crippen LogP contribution is -2.63. The fraction of sp³-hybridized carbons (Fsp3) is 0.708. The number of nitrogens with zero attached hydrogens (tertiary/aromatic N) is 1. The van der Waals surface area contributed by atoms with Gasteiger partial charge in [0.1, 0.15) is 0 Å². The van der Waals surface area contributed by atoms with Gasteiger partial charge in [-0.3, -0.25) is 4.79 Å². The zero-order valence-electron chi connectivity index (χ0n) is 17.0. The van der Waals surface area contributed by atoms with E-state index in [0.29, 0.717) is 17.2 Å². The molecule has 4 atom stereocenters. The first-order chi connectivity index (χ1) is 12.7. The molecule has 2 unspecified atom stereocenters. The highest BCUT2D eigenvalue weighted by Crippen LogP contribution is 2.70. The van der Waals surface area contributed by atoms with Crippen LogP contribution in [0.4, 0.5) is 0 Å². The second-order valence-electron chi connectivity index (χ2n) is 11.2. The quantitative estimate of drug-likeness (QED) is 0.850. The van der Waals surface area contributed by atoms with E-state index in [1.54, 1.807) is 0 Å². The smallest absolute Gasteiger partial charge is 0.228 e. The van der Waals surface area contributed by atoms with Crippen molar-refractivity contribution in [3.05, 3.63) is 35.9 Å². The molecule has 1 saturated heterocycles. The van der Waals surface area contributed by atoms with Crippen molar-refractivity contribution in [3.63, 3.8) is 0 Å². The third kappa shape index (κ3) is 2.76. The molecule has 5 aliphatic rings. The van der Waals surface area contributed by atoms with Gasteiger partial charge in [-0.2, -0.15) is 0 Å². The van der Waals surface area contributed by atoms with Crippen molar-refractivity contribution < 1.29 is 4.79 Å². The molecule has 27 heavy (non-hydrogen) atoms. The van der Waals surface area contributed by atoms with E-state index in [1.165, 1.54) is 24.8 Å². The molecule has 4 aliphatic carbocycles. The number of carbonyl (C=O) groups excluding carboxylic acids is 1. The topological polar surface area (TPSA) is 46.3 Å². The summed E-state index contributed by atoms with van der Waals surface area (Å²) in [7, 11) is 0. The normalized spacial score (nSPS) is 42.3. The third-order valence-electron chi connectivity index (χ3n) is 8.38. The van der Waals surface area contributed by atoms with Crippen LogP contribution in [0.15, 0.2) is 30.3 Å². The summed E-state index contributed by atoms with van der Waals surface area (Å²) in [4.78, 5) is 16.0. The molecular weight excluding hydrogens is 332 g/mol. The van der Waals surface area contributed by atoms with Crippen LogP contribution in [0.5, 0.6) is 0 Å². The molecule has 4 saturated carbocycles. The minimum atomic E-state index is -0.133. The predicted molar refractivity (Wildman–Crippen MR) is 108 cm³/mol. The molecule has 0 spiro atoms. The standard InChI is InChI=1S/C24H34N2O/c1-21-12-18-13-23(15-21,19-6-4-3-5-7-19)17-24(14-18,16-21)20(27)26-10-8-22(2,25)9-11-26/h3-7,18H,8-17,25H2,1-2H3/t18?,21-,23-,24?/m1/s1. The van der Waals surface area contributed by atoms with Crippen LogP contribution in [-0.4, -0.2) is 29.4 Å². The second kappa shape index (κ2) is 5.59. The number of nitrogens with two attached hydrogens (primary N) is 1. The number of likely N-dealkylation sites (tertiary alicyclic amines) is 1. The van der Waals surface area contributed by atoms with Crippen LogP contribution < -0.4 is 5.73 Å². The van der Waals surface area contributed by atoms with E-state index in [0.717, 1.165) is 45.2 Å². The summed E-state index contributed by atoms with van der Waals surface area (Å²) in [5.74, 6) is 1.16. The minimum absolute atomic E-state index is 0.102. The average molecular weight is 367 g/mol. The Kier molecular flexibility index (Phi) is 3.67. The molecular formula is C24H34N2O. The fourth-order valence-electron chi connectivity index (χ4n) is 7.83. The van der Waals surface area contributed by atoms with Crippen LogP contribution in [0, 0.1) is 16.7 Å². The summed E-state index contributed by atoms with van der Waals surface area (Å²) in [5.41, 5.74) is 8.10. The molecule has 2 N–H and O–H groups in total. The fourth-order valence-corrected chi connectivity index (χ4v) is 7.83. The molecule has 1 heterocycles. The molecule has 1 aromatic rings. The molecule has 4 bridgehead atoms. The molecule has 0 aromatic heterocycles. The molecule has 3 nitrogen and oxygen atoms in total. The number of hydrogen-bond acceptors (Lipinski definition) is 2. The Morgan fingerprint density at radius 3 is 2.37 bits per heavy atom. The molecule has 146 valence electrons. The van der Waals surface area contributed by atoms with Gasteiger partial charge in [-0.05, 0) is 80.6 Å². The summed E-state index contributed by atoms with van der Waals surface area (Å²) >= 11 is 0. The SMILES string of the molecule is CC1(N)CCN(C(=O)C23CC4C[C@@](C)(C2)C[C@](c2ccccc2)(C4)C3)CC1. The number of piperidine rings is 1. The van der Waals surface area contributed by atoms with Crippen molar-refractivity contribution >= 4 is 5.91 Å². The van der Waals surface area contributed by atoms with Gasteiger partial charge in [-0.1, -0.05) is 37.3 Å². The van der Waals surface area contributed by atoms with Crippen LogP contribution >= 0.6 is 0 Å². The largest absolute Gasteiger partial charge is 0.342 e. The minimum Gasteiger partial charge on any atom is -0.342 e. The first-order valence-electron chi connectivity index (χ1n) is 10.9. The Bertz CT molecular complexity index is 749. The van der Waals surface area contributed by atoms with Gasteiger partial charge in [-0.25, -0.2) is 0 Å². The highest BCUT2D eigenvalue weighted by atomic mass is 16.2. The highest BCUT2D eigenvalue weighted by Gasteiger charge is 2.65. The summed E-state index contributed by atoms with van der Waals surface area (Å²) in [6.07, 6.45) is 8.99. The van der Waals surface area contributed by atoms with Crippen LogP contribution in [-0.2, 0) is 10.2 Å². The van der Waals surface area contributed by atoms with Crippen molar-refractivity contribution in [1.29, 1.82) is 0 Å². The van der Waals surface area contributed by atoms with Crippen LogP contribution in [0.3, 0.4) is 0 Å². The molecule has 1 aliphatic heterocycles. The molecule has 5 fully saturated rings. The summed E-state index contributed by atoms with van der Waals surface area (Å²) in [6, 6.07) is 11.1. The third-order valence-corrected chi connectivity index (χ3v) is 8.38. The van der Waals surface area contributed by atoms with Crippen molar-refractivity contribution in [1.82, 2.24) is 4.90 Å². The van der Waals surface area contributed by atoms with Gasteiger partial charge >= 0.3 is 0 Å². The Balaban J connectivity index is 1.49. The second-order valence-corrected chi connectivity index (χ2v) is 11.2. The van der Waals surface area contributed by atoms with Gasteiger partial charge in [-0.15, -0.1) is 0 Å². The maximum atomic E-state index is 13.9. The maximum Gasteiger partial charge on any atom is 0.228 e. The van der Waals surface area contributed by atoms with Gasteiger partial charge in [0.15, 0.2) is 0 Å². The lowest BCUT2D eigenvalue weighted by atomic mass is 9.38. The van der Waals surface area contributed by atoms with Crippen molar-refractivity contribution in [3.8, 4) is 0 Å². The van der Waals surface area contributed by atoms with Crippen LogP contribution in [0.2, 0.25) is 0 Å². The summed E-state index contributed by atoms with van der Waals surface area (Å²) < 4.78 is 0. The predicted octanol–water partition coefficient (Wildman–Crippen LogP) is 4.25. The lowest BCUT2D eigenvalue weighted by molar-refractivity contribution is -0.171. The Morgan fingerprint density at radius 2 is 1.70 bits per heavy atom. The Hall–Kier alpha value is -1.35. The van der Waals surface area contributed by atoms with Gasteiger partial charge in [0, 0.05) is 18.6 Å². The molecule has 0 radical (unpaired) electrons.